The number of carbonyl (C=O) groups excluding carboxylic acids is 3. The van der Waals surface area contributed by atoms with Gasteiger partial charge in [0.2, 0.25) is 0 Å². The second-order valence-electron chi connectivity index (χ2n) is 7.10. The van der Waals surface area contributed by atoms with E-state index in [2.05, 4.69) is 0 Å². The highest BCUT2D eigenvalue weighted by atomic mass is 16.6. The molecule has 2 aromatic rings. The van der Waals surface area contributed by atoms with Crippen LogP contribution >= 0.6 is 0 Å². The summed E-state index contributed by atoms with van der Waals surface area (Å²) in [6.45, 7) is 2.15. The van der Waals surface area contributed by atoms with Gasteiger partial charge in [0.1, 0.15) is 5.75 Å². The summed E-state index contributed by atoms with van der Waals surface area (Å²) in [7, 11) is 0. The third kappa shape index (κ3) is 5.67. The third-order valence-electron chi connectivity index (χ3n) is 4.99. The van der Waals surface area contributed by atoms with Crippen LogP contribution in [-0.2, 0) is 14.3 Å². The van der Waals surface area contributed by atoms with Crippen LogP contribution in [0.2, 0.25) is 0 Å². The Morgan fingerprint density at radius 1 is 0.931 bits per heavy atom. The Hall–Kier alpha value is -3.15. The van der Waals surface area contributed by atoms with Gasteiger partial charge in [-0.1, -0.05) is 30.3 Å². The number of carbonyl (C=O) groups is 3. The highest BCUT2D eigenvalue weighted by molar-refractivity contribution is 6.08. The predicted octanol–water partition coefficient (Wildman–Crippen LogP) is 3.24. The lowest BCUT2D eigenvalue weighted by atomic mass is 10.0. The monoisotopic (exact) mass is 395 g/mol. The zero-order valence-electron chi connectivity index (χ0n) is 16.5. The molecule has 0 N–H and O–H groups in total. The summed E-state index contributed by atoms with van der Waals surface area (Å²) >= 11 is 0. The quantitative estimate of drug-likeness (QED) is 0.532. The first kappa shape index (κ1) is 20.6. The minimum atomic E-state index is -0.604. The summed E-state index contributed by atoms with van der Waals surface area (Å²) in [5.41, 5.74) is 1.14. The van der Waals surface area contributed by atoms with Crippen molar-refractivity contribution in [3.63, 3.8) is 0 Å². The van der Waals surface area contributed by atoms with E-state index in [0.29, 0.717) is 23.4 Å². The van der Waals surface area contributed by atoms with Crippen molar-refractivity contribution in [3.8, 4) is 5.75 Å². The Morgan fingerprint density at radius 3 is 2.31 bits per heavy atom. The first-order valence-electron chi connectivity index (χ1n) is 9.82. The van der Waals surface area contributed by atoms with E-state index in [1.54, 1.807) is 41.3 Å². The van der Waals surface area contributed by atoms with Crippen LogP contribution < -0.4 is 4.74 Å². The van der Waals surface area contributed by atoms with Crippen LogP contribution in [0, 0.1) is 0 Å². The number of benzene rings is 2. The number of ether oxygens (including phenoxy) is 2. The summed E-state index contributed by atoms with van der Waals surface area (Å²) < 4.78 is 10.4. The van der Waals surface area contributed by atoms with E-state index in [1.165, 1.54) is 0 Å². The number of piperidine rings is 1. The fourth-order valence-corrected chi connectivity index (χ4v) is 3.34. The minimum absolute atomic E-state index is 0.0815. The van der Waals surface area contributed by atoms with Gasteiger partial charge in [0.25, 0.3) is 5.91 Å². The highest BCUT2D eigenvalue weighted by Crippen LogP contribution is 2.17. The molecule has 1 aliphatic heterocycles. The molecule has 2 aromatic carbocycles. The van der Waals surface area contributed by atoms with Crippen molar-refractivity contribution in [3.05, 3.63) is 65.7 Å². The van der Waals surface area contributed by atoms with Gasteiger partial charge in [-0.3, -0.25) is 9.59 Å². The molecule has 0 aromatic heterocycles. The highest BCUT2D eigenvalue weighted by Gasteiger charge is 2.23. The number of esters is 1. The van der Waals surface area contributed by atoms with Gasteiger partial charge in [0.15, 0.2) is 19.0 Å². The van der Waals surface area contributed by atoms with Crippen LogP contribution in [0.5, 0.6) is 5.75 Å². The summed E-state index contributed by atoms with van der Waals surface area (Å²) in [5.74, 6) is -0.411. The summed E-state index contributed by atoms with van der Waals surface area (Å²) in [5, 5.41) is 0. The molecule has 1 atom stereocenters. The average Bonchev–Trinajstić information content (AvgIpc) is 2.77. The summed E-state index contributed by atoms with van der Waals surface area (Å²) in [6, 6.07) is 15.7. The number of ketones is 1. The van der Waals surface area contributed by atoms with E-state index < -0.39 is 5.97 Å². The molecule has 1 fully saturated rings. The fraction of sp³-hybridized carbons (Fsp3) is 0.348. The molecule has 1 amide bonds. The molecule has 0 bridgehead atoms. The van der Waals surface area contributed by atoms with Gasteiger partial charge in [-0.05, 0) is 50.5 Å². The molecule has 1 aliphatic rings. The van der Waals surface area contributed by atoms with Crippen LogP contribution in [0.3, 0.4) is 0 Å². The topological polar surface area (TPSA) is 72.9 Å². The molecule has 0 spiro atoms. The van der Waals surface area contributed by atoms with Crippen molar-refractivity contribution >= 4 is 17.7 Å². The molecule has 0 radical (unpaired) electrons. The number of rotatable bonds is 7. The summed E-state index contributed by atoms with van der Waals surface area (Å²) in [4.78, 5) is 38.2. The second-order valence-corrected chi connectivity index (χ2v) is 7.10. The molecule has 29 heavy (non-hydrogen) atoms. The van der Waals surface area contributed by atoms with Crippen LogP contribution in [0.4, 0.5) is 0 Å². The van der Waals surface area contributed by atoms with Crippen LogP contribution in [0.25, 0.3) is 0 Å². The maximum atomic E-state index is 12.4. The standard InChI is InChI=1S/C23H25NO5/c1-17-7-5-6-14-24(17)21(25)15-29-22(26)16-28-20-12-10-19(11-13-20)23(27)18-8-3-2-4-9-18/h2-4,8-13,17H,5-7,14-16H2,1H3/t17-/m0/s1. The first-order valence-corrected chi connectivity index (χ1v) is 9.82. The number of likely N-dealkylation sites (tertiary alicyclic amines) is 1. The van der Waals surface area contributed by atoms with E-state index in [4.69, 9.17) is 9.47 Å². The van der Waals surface area contributed by atoms with Crippen LogP contribution in [0.15, 0.2) is 54.6 Å². The molecule has 1 saturated heterocycles. The Labute approximate surface area is 170 Å². The fourth-order valence-electron chi connectivity index (χ4n) is 3.34. The predicted molar refractivity (Wildman–Crippen MR) is 108 cm³/mol. The Bertz CT molecular complexity index is 847. The zero-order chi connectivity index (χ0) is 20.6. The van der Waals surface area contributed by atoms with Crippen molar-refractivity contribution in [1.82, 2.24) is 4.90 Å². The molecule has 152 valence electrons. The van der Waals surface area contributed by atoms with Crippen LogP contribution in [0.1, 0.15) is 42.1 Å². The van der Waals surface area contributed by atoms with Crippen molar-refractivity contribution in [2.24, 2.45) is 0 Å². The molecule has 6 nitrogen and oxygen atoms in total. The molecule has 0 aliphatic carbocycles. The van der Waals surface area contributed by atoms with E-state index >= 15 is 0 Å². The molecule has 3 rings (SSSR count). The number of nitrogens with zero attached hydrogens (tertiary/aromatic N) is 1. The Kier molecular flexibility index (Phi) is 7.00. The normalized spacial score (nSPS) is 16.2. The first-order chi connectivity index (χ1) is 14.0. The van der Waals surface area contributed by atoms with E-state index in [-0.39, 0.29) is 30.9 Å². The van der Waals surface area contributed by atoms with Gasteiger partial charge in [0.05, 0.1) is 0 Å². The Balaban J connectivity index is 1.44. The number of amides is 1. The largest absolute Gasteiger partial charge is 0.482 e. The molecule has 1 heterocycles. The Morgan fingerprint density at radius 2 is 1.62 bits per heavy atom. The summed E-state index contributed by atoms with van der Waals surface area (Å²) in [6.07, 6.45) is 3.08. The van der Waals surface area contributed by atoms with Crippen molar-refractivity contribution in [2.75, 3.05) is 19.8 Å². The SMILES string of the molecule is C[C@H]1CCCCN1C(=O)COC(=O)COc1ccc(C(=O)c2ccccc2)cc1. The van der Waals surface area contributed by atoms with Gasteiger partial charge in [-0.25, -0.2) is 4.79 Å². The lowest BCUT2D eigenvalue weighted by Gasteiger charge is -2.33. The zero-order valence-corrected chi connectivity index (χ0v) is 16.5. The van der Waals surface area contributed by atoms with Gasteiger partial charge in [-0.2, -0.15) is 0 Å². The smallest absolute Gasteiger partial charge is 0.344 e. The van der Waals surface area contributed by atoms with Gasteiger partial charge in [0, 0.05) is 23.7 Å². The molecular weight excluding hydrogens is 370 g/mol. The third-order valence-corrected chi connectivity index (χ3v) is 4.99. The van der Waals surface area contributed by atoms with E-state index in [9.17, 15) is 14.4 Å². The van der Waals surface area contributed by atoms with Crippen molar-refractivity contribution in [1.29, 1.82) is 0 Å². The maximum Gasteiger partial charge on any atom is 0.344 e. The molecular formula is C23H25NO5. The van der Waals surface area contributed by atoms with Crippen molar-refractivity contribution < 1.29 is 23.9 Å². The van der Waals surface area contributed by atoms with Gasteiger partial charge < -0.3 is 14.4 Å². The van der Waals surface area contributed by atoms with E-state index in [0.717, 1.165) is 19.3 Å². The number of hydrogen-bond donors (Lipinski definition) is 0. The lowest BCUT2D eigenvalue weighted by molar-refractivity contribution is -0.154. The minimum Gasteiger partial charge on any atom is -0.482 e. The van der Waals surface area contributed by atoms with Crippen molar-refractivity contribution in [2.45, 2.75) is 32.2 Å². The average molecular weight is 395 g/mol. The number of hydrogen-bond acceptors (Lipinski definition) is 5. The lowest BCUT2D eigenvalue weighted by Crippen LogP contribution is -2.44. The molecule has 0 saturated carbocycles. The maximum absolute atomic E-state index is 12.4. The molecule has 0 unspecified atom stereocenters. The van der Waals surface area contributed by atoms with Gasteiger partial charge in [-0.15, -0.1) is 0 Å². The second kappa shape index (κ2) is 9.87. The molecule has 6 heteroatoms. The van der Waals surface area contributed by atoms with Gasteiger partial charge >= 0.3 is 5.97 Å². The van der Waals surface area contributed by atoms with E-state index in [1.807, 2.05) is 25.1 Å². The van der Waals surface area contributed by atoms with Crippen LogP contribution in [-0.4, -0.2) is 48.4 Å².